The molecular formula is C37H63NO10. The van der Waals surface area contributed by atoms with Crippen LogP contribution in [0.4, 0.5) is 0 Å². The van der Waals surface area contributed by atoms with Gasteiger partial charge in [-0.1, -0.05) is 20.8 Å². The van der Waals surface area contributed by atoms with E-state index < -0.39 is 78.2 Å². The van der Waals surface area contributed by atoms with Crippen molar-refractivity contribution in [3.8, 4) is 0 Å². The number of likely N-dealkylation sites (N-methyl/N-ethyl adjacent to an activating group) is 1. The van der Waals surface area contributed by atoms with Crippen LogP contribution in [-0.4, -0.2) is 115 Å². The van der Waals surface area contributed by atoms with E-state index in [-0.39, 0.29) is 24.5 Å². The van der Waals surface area contributed by atoms with Gasteiger partial charge in [-0.2, -0.15) is 0 Å². The zero-order chi connectivity index (χ0) is 35.9. The fourth-order valence-electron chi connectivity index (χ4n) is 8.33. The average Bonchev–Trinajstić information content (AvgIpc) is 3.34. The first-order chi connectivity index (χ1) is 22.3. The van der Waals surface area contributed by atoms with E-state index in [1.54, 1.807) is 14.0 Å². The van der Waals surface area contributed by atoms with Crippen molar-refractivity contribution in [2.24, 2.45) is 17.8 Å². The number of hydrogen-bond donors (Lipinski definition) is 2. The molecule has 0 saturated carbocycles. The highest BCUT2D eigenvalue weighted by molar-refractivity contribution is 5.73. The van der Waals surface area contributed by atoms with Crippen LogP contribution in [0.3, 0.4) is 0 Å². The van der Waals surface area contributed by atoms with E-state index in [4.69, 9.17) is 33.2 Å². The summed E-state index contributed by atoms with van der Waals surface area (Å²) in [4.78, 5) is 16.1. The molecule has 4 aliphatic heterocycles. The topological polar surface area (TPSA) is 125 Å². The smallest absolute Gasteiger partial charge is 0.311 e. The van der Waals surface area contributed by atoms with Gasteiger partial charge in [-0.15, -0.1) is 0 Å². The number of cyclic esters (lactones) is 1. The molecule has 48 heavy (non-hydrogen) atoms. The minimum Gasteiger partial charge on any atom is -0.479 e. The maximum Gasteiger partial charge on any atom is 0.311 e. The van der Waals surface area contributed by atoms with Crippen LogP contribution < -0.4 is 0 Å². The Balaban J connectivity index is 1.78. The SMILES string of the molecule is CC[C@H]1OC(=O)C(C)C(O[C@H]2C[C@@](C)(OC)[C@@H](O)[C@H](C)O2)[C@H](C)[C@@H](O[C@@H]2O[C@H](C)C[C@H](N(C)C)[C@H]2O)[C@@H](C)C/C(C)=C2\O[C@@]1(C)C=C2C. The molecule has 0 aromatic rings. The molecule has 11 nitrogen and oxygen atoms in total. The summed E-state index contributed by atoms with van der Waals surface area (Å²) >= 11 is 0. The largest absolute Gasteiger partial charge is 0.479 e. The Morgan fingerprint density at radius 2 is 1.69 bits per heavy atom. The summed E-state index contributed by atoms with van der Waals surface area (Å²) in [5.41, 5.74) is 0.334. The molecule has 0 radical (unpaired) electrons. The minimum absolute atomic E-state index is 0.101. The van der Waals surface area contributed by atoms with Crippen LogP contribution >= 0.6 is 0 Å². The van der Waals surface area contributed by atoms with Crippen LogP contribution in [0.15, 0.2) is 23.0 Å². The first kappa shape index (κ1) is 39.2. The van der Waals surface area contributed by atoms with E-state index in [1.807, 2.05) is 67.5 Å². The Bertz CT molecular complexity index is 1190. The number of nitrogens with zero attached hydrogens (tertiary/aromatic N) is 1. The summed E-state index contributed by atoms with van der Waals surface area (Å²) in [7, 11) is 5.46. The number of carbonyl (C=O) groups excluding carboxylic acids is 1. The second-order valence-electron chi connectivity index (χ2n) is 15.6. The maximum absolute atomic E-state index is 14.1. The molecule has 4 aliphatic rings. The Morgan fingerprint density at radius 1 is 1.02 bits per heavy atom. The minimum atomic E-state index is -0.912. The van der Waals surface area contributed by atoms with Crippen LogP contribution in [0.1, 0.15) is 94.9 Å². The lowest BCUT2D eigenvalue weighted by Gasteiger charge is -2.47. The van der Waals surface area contributed by atoms with Crippen molar-refractivity contribution in [1.82, 2.24) is 4.90 Å². The molecule has 0 aliphatic carbocycles. The monoisotopic (exact) mass is 681 g/mol. The van der Waals surface area contributed by atoms with Gasteiger partial charge in [0.25, 0.3) is 0 Å². The third kappa shape index (κ3) is 7.99. The summed E-state index contributed by atoms with van der Waals surface area (Å²) in [5, 5.41) is 22.4. The number of fused-ring (bicyclic) bond motifs is 2. The summed E-state index contributed by atoms with van der Waals surface area (Å²) in [5.74, 6) is -0.833. The van der Waals surface area contributed by atoms with E-state index in [9.17, 15) is 15.0 Å². The van der Waals surface area contributed by atoms with Crippen LogP contribution in [-0.2, 0) is 38.0 Å². The van der Waals surface area contributed by atoms with Gasteiger partial charge in [0.1, 0.15) is 24.1 Å². The van der Waals surface area contributed by atoms with Crippen LogP contribution in [0.2, 0.25) is 0 Å². The van der Waals surface area contributed by atoms with Crippen molar-refractivity contribution in [3.05, 3.63) is 23.0 Å². The summed E-state index contributed by atoms with van der Waals surface area (Å²) in [6.07, 6.45) is -1.69. The molecule has 276 valence electrons. The Kier molecular flexibility index (Phi) is 12.5. The van der Waals surface area contributed by atoms with Crippen molar-refractivity contribution < 1.29 is 48.2 Å². The number of carbonyl (C=O) groups is 1. The van der Waals surface area contributed by atoms with E-state index >= 15 is 0 Å². The standard InChI is InChI=1S/C37H63NO10/c1-14-27-36(9)17-21(4)30(48-36)19(2)15-20(3)31(47-35-29(39)26(38(11)12)16-22(5)43-35)23(6)32(24(7)34(41)45-27)46-28-18-37(10,42-13)33(40)25(8)44-28/h17,20,22-29,31-33,35,39-40H,14-16,18H2,1-13H3/b30-19-/t20-,22+,23+,24?,25-,26-,27+,28-,29+,31-,32?,33-,35-,36-,37+/m0/s1. The van der Waals surface area contributed by atoms with Gasteiger partial charge in [-0.25, -0.2) is 0 Å². The highest BCUT2D eigenvalue weighted by Crippen LogP contribution is 2.42. The summed E-state index contributed by atoms with van der Waals surface area (Å²) < 4.78 is 44.7. The molecule has 2 bridgehead atoms. The number of allylic oxidation sites excluding steroid dienone is 2. The normalized spacial score (nSPS) is 47.8. The molecule has 0 amide bonds. The fraction of sp³-hybridized carbons (Fsp3) is 0.865. The third-order valence-electron chi connectivity index (χ3n) is 11.3. The van der Waals surface area contributed by atoms with Crippen LogP contribution in [0, 0.1) is 17.8 Å². The molecule has 2 unspecified atom stereocenters. The van der Waals surface area contributed by atoms with Gasteiger partial charge < -0.3 is 48.3 Å². The van der Waals surface area contributed by atoms with Crippen LogP contribution in [0.5, 0.6) is 0 Å². The predicted octanol–water partition coefficient (Wildman–Crippen LogP) is 4.73. The highest BCUT2D eigenvalue weighted by Gasteiger charge is 2.50. The van der Waals surface area contributed by atoms with Crippen molar-refractivity contribution >= 4 is 5.97 Å². The van der Waals surface area contributed by atoms with Crippen LogP contribution in [0.25, 0.3) is 0 Å². The Labute approximate surface area is 288 Å². The third-order valence-corrected chi connectivity index (χ3v) is 11.3. The number of aliphatic hydroxyl groups excluding tert-OH is 2. The first-order valence-electron chi connectivity index (χ1n) is 17.8. The Hall–Kier alpha value is -1.57. The van der Waals surface area contributed by atoms with Gasteiger partial charge in [-0.05, 0) is 105 Å². The van der Waals surface area contributed by atoms with E-state index in [0.29, 0.717) is 19.3 Å². The lowest BCUT2D eigenvalue weighted by atomic mass is 9.81. The molecule has 2 fully saturated rings. The lowest BCUT2D eigenvalue weighted by molar-refractivity contribution is -0.308. The number of rotatable bonds is 7. The maximum atomic E-state index is 14.1. The molecule has 15 atom stereocenters. The van der Waals surface area contributed by atoms with Crippen molar-refractivity contribution in [3.63, 3.8) is 0 Å². The van der Waals surface area contributed by atoms with Gasteiger partial charge >= 0.3 is 5.97 Å². The number of ether oxygens (including phenoxy) is 7. The molecule has 0 aromatic heterocycles. The van der Waals surface area contributed by atoms with Crippen molar-refractivity contribution in [2.75, 3.05) is 21.2 Å². The van der Waals surface area contributed by atoms with Gasteiger partial charge in [0.2, 0.25) is 0 Å². The highest BCUT2D eigenvalue weighted by atomic mass is 16.7. The molecular weight excluding hydrogens is 618 g/mol. The summed E-state index contributed by atoms with van der Waals surface area (Å²) in [6, 6.07) is -0.150. The molecule has 4 rings (SSSR count). The Morgan fingerprint density at radius 3 is 2.29 bits per heavy atom. The molecule has 0 aromatic carbocycles. The molecule has 11 heteroatoms. The van der Waals surface area contributed by atoms with Crippen molar-refractivity contribution in [1.29, 1.82) is 0 Å². The first-order valence-corrected chi connectivity index (χ1v) is 17.8. The number of hydrogen-bond acceptors (Lipinski definition) is 11. The zero-order valence-electron chi connectivity index (χ0n) is 31.5. The second-order valence-corrected chi connectivity index (χ2v) is 15.6. The lowest BCUT2D eigenvalue weighted by Crippen LogP contribution is -2.58. The van der Waals surface area contributed by atoms with E-state index in [2.05, 4.69) is 19.9 Å². The molecule has 2 N–H and O–H groups in total. The van der Waals surface area contributed by atoms with E-state index in [0.717, 1.165) is 16.9 Å². The quantitative estimate of drug-likeness (QED) is 0.363. The van der Waals surface area contributed by atoms with Crippen molar-refractivity contribution in [2.45, 2.75) is 167 Å². The second kappa shape index (κ2) is 15.4. The number of methoxy groups -OCH3 is 1. The van der Waals surface area contributed by atoms with Gasteiger partial charge in [-0.3, -0.25) is 4.79 Å². The van der Waals surface area contributed by atoms with Gasteiger partial charge in [0, 0.05) is 25.5 Å². The predicted molar refractivity (Wildman–Crippen MR) is 181 cm³/mol. The fourth-order valence-corrected chi connectivity index (χ4v) is 8.33. The number of aliphatic hydroxyl groups is 2. The van der Waals surface area contributed by atoms with Gasteiger partial charge in [0.15, 0.2) is 18.2 Å². The molecule has 0 spiro atoms. The molecule has 4 heterocycles. The zero-order valence-corrected chi connectivity index (χ0v) is 31.5. The average molecular weight is 682 g/mol. The van der Waals surface area contributed by atoms with E-state index in [1.165, 1.54) is 0 Å². The molecule has 2 saturated heterocycles. The number of esters is 1. The van der Waals surface area contributed by atoms with Gasteiger partial charge in [0.05, 0.1) is 35.9 Å². The summed E-state index contributed by atoms with van der Waals surface area (Å²) in [6.45, 7) is 19.6.